The molecule has 2 rings (SSSR count). The van der Waals surface area contributed by atoms with E-state index in [9.17, 15) is 14.0 Å². The van der Waals surface area contributed by atoms with Crippen molar-refractivity contribution in [3.63, 3.8) is 0 Å². The van der Waals surface area contributed by atoms with Crippen molar-refractivity contribution in [3.05, 3.63) is 28.5 Å². The number of anilines is 1. The highest BCUT2D eigenvalue weighted by Crippen LogP contribution is 2.31. The van der Waals surface area contributed by atoms with Gasteiger partial charge in [0.1, 0.15) is 11.9 Å². The van der Waals surface area contributed by atoms with Crippen LogP contribution in [-0.4, -0.2) is 24.4 Å². The molecule has 0 aromatic heterocycles. The van der Waals surface area contributed by atoms with E-state index in [0.717, 1.165) is 6.42 Å². The predicted molar refractivity (Wildman–Crippen MR) is 82.5 cm³/mol. The zero-order valence-electron chi connectivity index (χ0n) is 12.0. The van der Waals surface area contributed by atoms with Crippen LogP contribution < -0.4 is 10.2 Å². The van der Waals surface area contributed by atoms with Crippen LogP contribution in [0.15, 0.2) is 22.7 Å². The maximum Gasteiger partial charge on any atom is 0.249 e. The first kappa shape index (κ1) is 15.9. The van der Waals surface area contributed by atoms with Gasteiger partial charge in [-0.15, -0.1) is 0 Å². The molecule has 1 heterocycles. The standard InChI is InChI=1S/C15H18BrFN2O2/c1-3-9(2)13-15(21)19(8-7-12(20)18-13)14-10(16)5-4-6-11(14)17/h4-6,9,13H,3,7-8H2,1-2H3,(H,18,20). The minimum atomic E-state index is -0.614. The molecule has 6 heteroatoms. The zero-order valence-corrected chi connectivity index (χ0v) is 13.6. The smallest absolute Gasteiger partial charge is 0.249 e. The topological polar surface area (TPSA) is 49.4 Å². The van der Waals surface area contributed by atoms with Crippen molar-refractivity contribution in [2.75, 3.05) is 11.4 Å². The fraction of sp³-hybridized carbons (Fsp3) is 0.467. The number of carbonyl (C=O) groups excluding carboxylic acids is 2. The Morgan fingerprint density at radius 3 is 2.81 bits per heavy atom. The fourth-order valence-electron chi connectivity index (χ4n) is 2.39. The van der Waals surface area contributed by atoms with Gasteiger partial charge in [-0.1, -0.05) is 26.3 Å². The number of para-hydroxylation sites is 1. The van der Waals surface area contributed by atoms with Gasteiger partial charge in [0, 0.05) is 17.4 Å². The quantitative estimate of drug-likeness (QED) is 0.905. The minimum absolute atomic E-state index is 0.00685. The predicted octanol–water partition coefficient (Wildman–Crippen LogP) is 2.86. The second kappa shape index (κ2) is 6.56. The molecule has 1 aromatic rings. The van der Waals surface area contributed by atoms with Crippen LogP contribution in [0.1, 0.15) is 26.7 Å². The monoisotopic (exact) mass is 356 g/mol. The molecule has 0 radical (unpaired) electrons. The van der Waals surface area contributed by atoms with E-state index < -0.39 is 11.9 Å². The van der Waals surface area contributed by atoms with Gasteiger partial charge in [-0.3, -0.25) is 9.59 Å². The van der Waals surface area contributed by atoms with Crippen LogP contribution in [0.4, 0.5) is 10.1 Å². The lowest BCUT2D eigenvalue weighted by molar-refractivity contribution is -0.126. The van der Waals surface area contributed by atoms with Crippen molar-refractivity contribution in [3.8, 4) is 0 Å². The molecule has 0 saturated carbocycles. The molecule has 1 aromatic carbocycles. The number of nitrogens with one attached hydrogen (secondary N) is 1. The summed E-state index contributed by atoms with van der Waals surface area (Å²) in [5, 5.41) is 2.75. The highest BCUT2D eigenvalue weighted by molar-refractivity contribution is 9.10. The minimum Gasteiger partial charge on any atom is -0.344 e. The van der Waals surface area contributed by atoms with Gasteiger partial charge >= 0.3 is 0 Å². The average Bonchev–Trinajstić information content (AvgIpc) is 2.59. The highest BCUT2D eigenvalue weighted by Gasteiger charge is 2.35. The number of amides is 2. The number of hydrogen-bond acceptors (Lipinski definition) is 2. The Bertz CT molecular complexity index is 544. The summed E-state index contributed by atoms with van der Waals surface area (Å²) < 4.78 is 14.6. The molecule has 2 unspecified atom stereocenters. The Morgan fingerprint density at radius 1 is 1.48 bits per heavy atom. The van der Waals surface area contributed by atoms with E-state index >= 15 is 0 Å². The molecule has 1 fully saturated rings. The van der Waals surface area contributed by atoms with E-state index in [0.29, 0.717) is 4.47 Å². The lowest BCUT2D eigenvalue weighted by Gasteiger charge is -2.28. The number of carbonyl (C=O) groups is 2. The summed E-state index contributed by atoms with van der Waals surface area (Å²) in [5.41, 5.74) is 0.201. The summed E-state index contributed by atoms with van der Waals surface area (Å²) in [6, 6.07) is 3.95. The van der Waals surface area contributed by atoms with E-state index in [1.54, 1.807) is 12.1 Å². The summed E-state index contributed by atoms with van der Waals surface area (Å²) in [6.07, 6.45) is 0.919. The number of rotatable bonds is 3. The lowest BCUT2D eigenvalue weighted by atomic mass is 9.98. The van der Waals surface area contributed by atoms with Crippen molar-refractivity contribution in [1.82, 2.24) is 5.32 Å². The fourth-order valence-corrected chi connectivity index (χ4v) is 2.95. The molecule has 114 valence electrons. The third-order valence-electron chi connectivity index (χ3n) is 3.83. The summed E-state index contributed by atoms with van der Waals surface area (Å²) in [7, 11) is 0. The van der Waals surface area contributed by atoms with Crippen molar-refractivity contribution in [2.45, 2.75) is 32.7 Å². The average molecular weight is 357 g/mol. The van der Waals surface area contributed by atoms with E-state index in [-0.39, 0.29) is 36.4 Å². The van der Waals surface area contributed by atoms with Crippen LogP contribution in [0.2, 0.25) is 0 Å². The van der Waals surface area contributed by atoms with Crippen molar-refractivity contribution >= 4 is 33.4 Å². The van der Waals surface area contributed by atoms with Gasteiger partial charge in [0.25, 0.3) is 0 Å². The Morgan fingerprint density at radius 2 is 2.19 bits per heavy atom. The molecule has 1 N–H and O–H groups in total. The maximum atomic E-state index is 14.1. The van der Waals surface area contributed by atoms with Gasteiger partial charge in [0.2, 0.25) is 11.8 Å². The van der Waals surface area contributed by atoms with E-state index in [4.69, 9.17) is 0 Å². The van der Waals surface area contributed by atoms with Crippen LogP contribution in [0, 0.1) is 11.7 Å². The maximum absolute atomic E-state index is 14.1. The van der Waals surface area contributed by atoms with Crippen LogP contribution in [-0.2, 0) is 9.59 Å². The van der Waals surface area contributed by atoms with E-state index in [1.807, 2.05) is 13.8 Å². The Balaban J connectivity index is 2.42. The molecule has 2 amide bonds. The summed E-state index contributed by atoms with van der Waals surface area (Å²) in [5.74, 6) is -0.924. The number of halogens is 2. The first-order valence-corrected chi connectivity index (χ1v) is 7.79. The zero-order chi connectivity index (χ0) is 15.6. The number of benzene rings is 1. The molecule has 2 atom stereocenters. The molecule has 4 nitrogen and oxygen atoms in total. The van der Waals surface area contributed by atoms with Gasteiger partial charge in [0.15, 0.2) is 0 Å². The van der Waals surface area contributed by atoms with Crippen LogP contribution in [0.5, 0.6) is 0 Å². The Kier molecular flexibility index (Phi) is 4.98. The van der Waals surface area contributed by atoms with Crippen LogP contribution in [0.25, 0.3) is 0 Å². The van der Waals surface area contributed by atoms with E-state index in [2.05, 4.69) is 21.2 Å². The number of hydrogen-bond donors (Lipinski definition) is 1. The summed E-state index contributed by atoms with van der Waals surface area (Å²) in [6.45, 7) is 4.04. The van der Waals surface area contributed by atoms with Gasteiger partial charge in [-0.2, -0.15) is 0 Å². The first-order valence-electron chi connectivity index (χ1n) is 7.00. The molecule has 1 saturated heterocycles. The van der Waals surface area contributed by atoms with Gasteiger partial charge in [-0.05, 0) is 34.0 Å². The Hall–Kier alpha value is -1.43. The first-order chi connectivity index (χ1) is 9.95. The van der Waals surface area contributed by atoms with E-state index in [1.165, 1.54) is 11.0 Å². The second-order valence-electron chi connectivity index (χ2n) is 5.24. The molecule has 1 aliphatic rings. The third kappa shape index (κ3) is 3.26. The second-order valence-corrected chi connectivity index (χ2v) is 6.10. The lowest BCUT2D eigenvalue weighted by Crippen LogP contribution is -2.48. The van der Waals surface area contributed by atoms with Crippen molar-refractivity contribution in [1.29, 1.82) is 0 Å². The molecule has 0 aliphatic carbocycles. The molecular formula is C15H18BrFN2O2. The summed E-state index contributed by atoms with van der Waals surface area (Å²) >= 11 is 3.29. The molecule has 21 heavy (non-hydrogen) atoms. The largest absolute Gasteiger partial charge is 0.344 e. The van der Waals surface area contributed by atoms with Crippen molar-refractivity contribution < 1.29 is 14.0 Å². The number of nitrogens with zero attached hydrogens (tertiary/aromatic N) is 1. The van der Waals surface area contributed by atoms with Gasteiger partial charge < -0.3 is 10.2 Å². The molecule has 0 spiro atoms. The SMILES string of the molecule is CCC(C)C1NC(=O)CCN(c2c(F)cccc2Br)C1=O. The molecule has 0 bridgehead atoms. The highest BCUT2D eigenvalue weighted by atomic mass is 79.9. The molecule has 1 aliphatic heterocycles. The molecular weight excluding hydrogens is 339 g/mol. The normalized spacial score (nSPS) is 21.0. The van der Waals surface area contributed by atoms with Crippen LogP contribution >= 0.6 is 15.9 Å². The third-order valence-corrected chi connectivity index (χ3v) is 4.47. The Labute approximate surface area is 131 Å². The summed E-state index contributed by atoms with van der Waals surface area (Å²) in [4.78, 5) is 25.9. The van der Waals surface area contributed by atoms with Gasteiger partial charge in [0.05, 0.1) is 5.69 Å². The van der Waals surface area contributed by atoms with Crippen LogP contribution in [0.3, 0.4) is 0 Å². The van der Waals surface area contributed by atoms with Crippen molar-refractivity contribution in [2.24, 2.45) is 5.92 Å². The van der Waals surface area contributed by atoms with Gasteiger partial charge in [-0.25, -0.2) is 4.39 Å².